The van der Waals surface area contributed by atoms with Crippen LogP contribution in [0.5, 0.6) is 0 Å². The molecule has 0 atom stereocenters. The fourth-order valence-corrected chi connectivity index (χ4v) is 1.66. The first kappa shape index (κ1) is 16.1. The highest BCUT2D eigenvalue weighted by molar-refractivity contribution is 14.0. The first-order chi connectivity index (χ1) is 8.54. The Kier molecular flexibility index (Phi) is 5.88. The first-order valence-electron chi connectivity index (χ1n) is 5.63. The summed E-state index contributed by atoms with van der Waals surface area (Å²) in [5.41, 5.74) is 0. The van der Waals surface area contributed by atoms with E-state index in [0.717, 1.165) is 24.1 Å². The second-order valence-corrected chi connectivity index (χ2v) is 3.95. The van der Waals surface area contributed by atoms with Gasteiger partial charge in [-0.05, 0) is 6.42 Å². The van der Waals surface area contributed by atoms with Crippen molar-refractivity contribution in [1.82, 2.24) is 20.2 Å². The summed E-state index contributed by atoms with van der Waals surface area (Å²) >= 11 is 0. The average Bonchev–Trinajstić information content (AvgIpc) is 2.73. The molecule has 1 aromatic rings. The van der Waals surface area contributed by atoms with Gasteiger partial charge in [0.05, 0.1) is 6.54 Å². The maximum Gasteiger partial charge on any atom is 0.406 e. The molecule has 9 heteroatoms. The molecule has 0 radical (unpaired) electrons. The van der Waals surface area contributed by atoms with Gasteiger partial charge in [0.2, 0.25) is 0 Å². The van der Waals surface area contributed by atoms with Crippen LogP contribution < -0.4 is 10.6 Å². The molecule has 1 aliphatic heterocycles. The van der Waals surface area contributed by atoms with Gasteiger partial charge in [-0.1, -0.05) is 0 Å². The Hall–Kier alpha value is -1.00. The lowest BCUT2D eigenvalue weighted by Gasteiger charge is -2.16. The second-order valence-electron chi connectivity index (χ2n) is 3.95. The SMILES string of the molecule is FC(F)(F)Cn1ccnc1CNC1=NCCCN1.I. The van der Waals surface area contributed by atoms with Gasteiger partial charge in [-0.3, -0.25) is 4.99 Å². The molecule has 0 saturated heterocycles. The van der Waals surface area contributed by atoms with Crippen LogP contribution in [0.15, 0.2) is 17.4 Å². The Morgan fingerprint density at radius 1 is 1.42 bits per heavy atom. The zero-order chi connectivity index (χ0) is 13.0. The summed E-state index contributed by atoms with van der Waals surface area (Å²) in [6.07, 6.45) is -0.594. The van der Waals surface area contributed by atoms with Crippen molar-refractivity contribution < 1.29 is 13.2 Å². The van der Waals surface area contributed by atoms with Crippen molar-refractivity contribution in [3.63, 3.8) is 0 Å². The van der Waals surface area contributed by atoms with Gasteiger partial charge >= 0.3 is 6.18 Å². The highest BCUT2D eigenvalue weighted by atomic mass is 127. The number of rotatable bonds is 3. The van der Waals surface area contributed by atoms with Gasteiger partial charge in [0, 0.05) is 25.5 Å². The number of imidazole rings is 1. The number of guanidine groups is 1. The third kappa shape index (κ3) is 5.25. The van der Waals surface area contributed by atoms with Crippen molar-refractivity contribution in [3.8, 4) is 0 Å². The second kappa shape index (κ2) is 6.96. The van der Waals surface area contributed by atoms with Gasteiger partial charge in [-0.15, -0.1) is 24.0 Å². The first-order valence-corrected chi connectivity index (χ1v) is 5.63. The molecule has 0 amide bonds. The van der Waals surface area contributed by atoms with E-state index in [2.05, 4.69) is 20.6 Å². The topological polar surface area (TPSA) is 54.2 Å². The predicted molar refractivity (Wildman–Crippen MR) is 75.5 cm³/mol. The van der Waals surface area contributed by atoms with Crippen LogP contribution in [0, 0.1) is 0 Å². The molecule has 2 heterocycles. The van der Waals surface area contributed by atoms with E-state index in [-0.39, 0.29) is 30.5 Å². The zero-order valence-electron chi connectivity index (χ0n) is 10.1. The van der Waals surface area contributed by atoms with Crippen LogP contribution in [-0.4, -0.2) is 34.8 Å². The maximum absolute atomic E-state index is 12.3. The van der Waals surface area contributed by atoms with Crippen LogP contribution in [0.4, 0.5) is 13.2 Å². The molecule has 0 saturated carbocycles. The summed E-state index contributed by atoms with van der Waals surface area (Å²) in [6.45, 7) is 0.744. The van der Waals surface area contributed by atoms with Crippen LogP contribution in [0.2, 0.25) is 0 Å². The fourth-order valence-electron chi connectivity index (χ4n) is 1.66. The smallest absolute Gasteiger partial charge is 0.356 e. The molecule has 0 spiro atoms. The van der Waals surface area contributed by atoms with E-state index in [0.29, 0.717) is 11.8 Å². The predicted octanol–water partition coefficient (Wildman–Crippen LogP) is 1.50. The summed E-state index contributed by atoms with van der Waals surface area (Å²) in [4.78, 5) is 8.07. The number of hydrogen-bond acceptors (Lipinski definition) is 4. The summed E-state index contributed by atoms with van der Waals surface area (Å²) in [5.74, 6) is 0.949. The van der Waals surface area contributed by atoms with Crippen molar-refractivity contribution in [2.45, 2.75) is 25.7 Å². The lowest BCUT2D eigenvalue weighted by molar-refractivity contribution is -0.141. The third-order valence-electron chi connectivity index (χ3n) is 2.46. The zero-order valence-corrected chi connectivity index (χ0v) is 12.4. The van der Waals surface area contributed by atoms with Crippen LogP contribution in [-0.2, 0) is 13.1 Å². The standard InChI is InChI=1S/C10H14F3N5.HI/c11-10(12,13)7-18-5-4-14-8(18)6-17-9-15-2-1-3-16-9;/h4-5H,1-3,6-7H2,(H2,15,16,17);1H. The molecule has 2 N–H and O–H groups in total. The molecule has 0 aromatic carbocycles. The van der Waals surface area contributed by atoms with Gasteiger partial charge in [0.25, 0.3) is 0 Å². The number of hydrogen-bond donors (Lipinski definition) is 2. The molecular weight excluding hydrogens is 374 g/mol. The minimum Gasteiger partial charge on any atom is -0.356 e. The Bertz CT molecular complexity index is 429. The molecule has 1 aromatic heterocycles. The highest BCUT2D eigenvalue weighted by Gasteiger charge is 2.28. The molecule has 1 aliphatic rings. The van der Waals surface area contributed by atoms with Crippen LogP contribution in [0.25, 0.3) is 0 Å². The van der Waals surface area contributed by atoms with E-state index < -0.39 is 12.7 Å². The van der Waals surface area contributed by atoms with Crippen molar-refractivity contribution in [3.05, 3.63) is 18.2 Å². The molecule has 0 bridgehead atoms. The Morgan fingerprint density at radius 2 is 2.21 bits per heavy atom. The largest absolute Gasteiger partial charge is 0.406 e. The molecular formula is C10H15F3IN5. The number of aromatic nitrogens is 2. The van der Waals surface area contributed by atoms with Gasteiger partial charge < -0.3 is 15.2 Å². The van der Waals surface area contributed by atoms with Gasteiger partial charge in [-0.2, -0.15) is 13.2 Å². The molecule has 0 fully saturated rings. The third-order valence-corrected chi connectivity index (χ3v) is 2.46. The summed E-state index contributed by atoms with van der Waals surface area (Å²) in [7, 11) is 0. The Morgan fingerprint density at radius 3 is 2.84 bits per heavy atom. The number of nitrogens with zero attached hydrogens (tertiary/aromatic N) is 3. The quantitative estimate of drug-likeness (QED) is 0.771. The number of alkyl halides is 3. The summed E-state index contributed by atoms with van der Waals surface area (Å²) < 4.78 is 37.9. The molecule has 19 heavy (non-hydrogen) atoms. The molecule has 0 unspecified atom stereocenters. The molecule has 2 rings (SSSR count). The van der Waals surface area contributed by atoms with E-state index in [1.165, 1.54) is 12.4 Å². The van der Waals surface area contributed by atoms with Gasteiger partial charge in [0.15, 0.2) is 5.96 Å². The molecule has 5 nitrogen and oxygen atoms in total. The van der Waals surface area contributed by atoms with Crippen LogP contribution in [0.3, 0.4) is 0 Å². The van der Waals surface area contributed by atoms with Gasteiger partial charge in [-0.25, -0.2) is 4.98 Å². The van der Waals surface area contributed by atoms with Crippen LogP contribution >= 0.6 is 24.0 Å². The minimum absolute atomic E-state index is 0. The Balaban J connectivity index is 0.00000180. The van der Waals surface area contributed by atoms with E-state index in [1.807, 2.05) is 0 Å². The van der Waals surface area contributed by atoms with Gasteiger partial charge in [0.1, 0.15) is 12.4 Å². The van der Waals surface area contributed by atoms with Crippen molar-refractivity contribution in [2.24, 2.45) is 4.99 Å². The van der Waals surface area contributed by atoms with E-state index in [1.54, 1.807) is 0 Å². The molecule has 0 aliphatic carbocycles. The van der Waals surface area contributed by atoms with Crippen LogP contribution in [0.1, 0.15) is 12.2 Å². The van der Waals surface area contributed by atoms with E-state index >= 15 is 0 Å². The summed E-state index contributed by atoms with van der Waals surface area (Å²) in [6, 6.07) is 0. The minimum atomic E-state index is -4.24. The lowest BCUT2D eigenvalue weighted by atomic mass is 10.4. The maximum atomic E-state index is 12.3. The molecule has 108 valence electrons. The fraction of sp³-hybridized carbons (Fsp3) is 0.600. The Labute approximate surface area is 125 Å². The normalized spacial score (nSPS) is 15.2. The monoisotopic (exact) mass is 389 g/mol. The van der Waals surface area contributed by atoms with E-state index in [9.17, 15) is 13.2 Å². The van der Waals surface area contributed by atoms with Crippen molar-refractivity contribution in [1.29, 1.82) is 0 Å². The number of halogens is 4. The lowest BCUT2D eigenvalue weighted by Crippen LogP contribution is -2.40. The average molecular weight is 389 g/mol. The van der Waals surface area contributed by atoms with Crippen molar-refractivity contribution in [2.75, 3.05) is 13.1 Å². The number of nitrogens with one attached hydrogen (secondary N) is 2. The van der Waals surface area contributed by atoms with Crippen molar-refractivity contribution >= 4 is 29.9 Å². The van der Waals surface area contributed by atoms with E-state index in [4.69, 9.17) is 0 Å². The summed E-state index contributed by atoms with van der Waals surface area (Å²) in [5, 5.41) is 5.97. The number of aliphatic imine (C=N–C) groups is 1. The highest BCUT2D eigenvalue weighted by Crippen LogP contribution is 2.18.